The number of hydrogen-bond donors (Lipinski definition) is 1. The maximum Gasteiger partial charge on any atom is 1.00 e. The number of hydrogen-bond acceptors (Lipinski definition) is 3. The van der Waals surface area contributed by atoms with Crippen LogP contribution < -0.4 is 29.6 Å². The Labute approximate surface area is 104 Å². The fourth-order valence-electron chi connectivity index (χ4n) is 1.33. The Morgan fingerprint density at radius 2 is 1.71 bits per heavy atom. The molecule has 0 spiro atoms. The second kappa shape index (κ2) is 4.09. The molecule has 0 atom stereocenters. The maximum absolute atomic E-state index is 11.3. The minimum atomic E-state index is -0.326. The second-order valence-corrected chi connectivity index (χ2v) is 2.76. The zero-order valence-electron chi connectivity index (χ0n) is 8.65. The SMILES string of the molecule is O=C1C=CC(=O)c2c(O)cccc21.[H-].[Na+]. The summed E-state index contributed by atoms with van der Waals surface area (Å²) in [5, 5.41) is 9.34. The van der Waals surface area contributed by atoms with Gasteiger partial charge in [0, 0.05) is 5.56 Å². The van der Waals surface area contributed by atoms with Crippen molar-refractivity contribution in [3.05, 3.63) is 41.5 Å². The van der Waals surface area contributed by atoms with Gasteiger partial charge in [-0.1, -0.05) is 12.1 Å². The summed E-state index contributed by atoms with van der Waals surface area (Å²) < 4.78 is 0. The predicted molar refractivity (Wildman–Crippen MR) is 47.0 cm³/mol. The summed E-state index contributed by atoms with van der Waals surface area (Å²) >= 11 is 0. The number of carbonyl (C=O) groups excluding carboxylic acids is 2. The summed E-state index contributed by atoms with van der Waals surface area (Å²) in [5.41, 5.74) is 0.377. The molecular weight excluding hydrogens is 191 g/mol. The van der Waals surface area contributed by atoms with Crippen LogP contribution in [-0.2, 0) is 0 Å². The molecule has 14 heavy (non-hydrogen) atoms. The summed E-state index contributed by atoms with van der Waals surface area (Å²) in [6, 6.07) is 4.46. The Balaban J connectivity index is 0.000000980. The molecule has 0 saturated carbocycles. The van der Waals surface area contributed by atoms with Crippen molar-refractivity contribution in [3.63, 3.8) is 0 Å². The number of fused-ring (bicyclic) bond motifs is 1. The molecular formula is C10H7NaO3. The molecule has 66 valence electrons. The molecule has 0 saturated heterocycles. The van der Waals surface area contributed by atoms with E-state index in [4.69, 9.17) is 0 Å². The molecule has 0 aromatic heterocycles. The van der Waals surface area contributed by atoms with Gasteiger partial charge in [0.15, 0.2) is 11.6 Å². The molecule has 1 aliphatic carbocycles. The summed E-state index contributed by atoms with van der Waals surface area (Å²) in [7, 11) is 0. The van der Waals surface area contributed by atoms with E-state index in [1.807, 2.05) is 0 Å². The average molecular weight is 198 g/mol. The molecule has 0 fully saturated rings. The van der Waals surface area contributed by atoms with Gasteiger partial charge in [-0.15, -0.1) is 0 Å². The van der Waals surface area contributed by atoms with E-state index in [1.165, 1.54) is 24.3 Å². The molecule has 2 rings (SSSR count). The standard InChI is InChI=1S/C10H6O3.Na.H/c11-7-4-5-9(13)10-6(7)2-1-3-8(10)12;;/h1-5,12H;;/q;+1;-1. The normalized spacial score (nSPS) is 13.4. The van der Waals surface area contributed by atoms with Crippen molar-refractivity contribution >= 4 is 11.6 Å². The Bertz CT molecular complexity index is 440. The molecule has 0 amide bonds. The van der Waals surface area contributed by atoms with Gasteiger partial charge in [-0.05, 0) is 18.2 Å². The van der Waals surface area contributed by atoms with E-state index < -0.39 is 0 Å². The molecule has 0 bridgehead atoms. The topological polar surface area (TPSA) is 54.4 Å². The number of phenolic OH excluding ortho intramolecular Hbond substituents is 1. The van der Waals surface area contributed by atoms with Gasteiger partial charge < -0.3 is 6.53 Å². The summed E-state index contributed by atoms with van der Waals surface area (Å²) in [5.74, 6) is -0.710. The van der Waals surface area contributed by atoms with E-state index in [9.17, 15) is 14.7 Å². The zero-order valence-corrected chi connectivity index (χ0v) is 9.65. The van der Waals surface area contributed by atoms with Gasteiger partial charge in [-0.25, -0.2) is 0 Å². The van der Waals surface area contributed by atoms with E-state index in [0.717, 1.165) is 0 Å². The first-order chi connectivity index (χ1) is 6.20. The third-order valence-electron chi connectivity index (χ3n) is 1.94. The molecule has 4 heteroatoms. The molecule has 1 aliphatic rings. The second-order valence-electron chi connectivity index (χ2n) is 2.76. The minimum absolute atomic E-state index is 0. The van der Waals surface area contributed by atoms with Crippen molar-refractivity contribution in [1.29, 1.82) is 0 Å². The number of benzene rings is 1. The molecule has 1 N–H and O–H groups in total. The Kier molecular flexibility index (Phi) is 3.26. The molecule has 0 aliphatic heterocycles. The largest absolute Gasteiger partial charge is 1.00 e. The average Bonchev–Trinajstić information content (AvgIpc) is 2.12. The smallest absolute Gasteiger partial charge is 1.00 e. The van der Waals surface area contributed by atoms with Crippen LogP contribution in [0.1, 0.15) is 22.1 Å². The number of phenols is 1. The first kappa shape index (κ1) is 11.2. The van der Waals surface area contributed by atoms with Gasteiger partial charge in [0.1, 0.15) is 5.75 Å². The van der Waals surface area contributed by atoms with Crippen LogP contribution in [-0.4, -0.2) is 16.7 Å². The monoisotopic (exact) mass is 198 g/mol. The van der Waals surface area contributed by atoms with E-state index in [2.05, 4.69) is 0 Å². The first-order valence-corrected chi connectivity index (χ1v) is 3.79. The summed E-state index contributed by atoms with van der Waals surface area (Å²) in [4.78, 5) is 22.5. The van der Waals surface area contributed by atoms with Crippen molar-refractivity contribution in [2.24, 2.45) is 0 Å². The third kappa shape index (κ3) is 1.66. The van der Waals surface area contributed by atoms with Crippen LogP contribution >= 0.6 is 0 Å². The quantitative estimate of drug-likeness (QED) is 0.513. The minimum Gasteiger partial charge on any atom is -1.00 e. The van der Waals surface area contributed by atoms with Crippen molar-refractivity contribution in [3.8, 4) is 5.75 Å². The molecule has 0 radical (unpaired) electrons. The number of aromatic hydroxyl groups is 1. The van der Waals surface area contributed by atoms with Crippen LogP contribution in [0, 0.1) is 0 Å². The number of carbonyl (C=O) groups is 2. The fourth-order valence-corrected chi connectivity index (χ4v) is 1.33. The van der Waals surface area contributed by atoms with Crippen LogP contribution in [0.4, 0.5) is 0 Å². The van der Waals surface area contributed by atoms with Gasteiger partial charge in [0.25, 0.3) is 0 Å². The van der Waals surface area contributed by atoms with Crippen LogP contribution in [0.2, 0.25) is 0 Å². The van der Waals surface area contributed by atoms with Gasteiger partial charge in [0.2, 0.25) is 0 Å². The number of allylic oxidation sites excluding steroid dienone is 2. The van der Waals surface area contributed by atoms with Crippen molar-refractivity contribution in [1.82, 2.24) is 0 Å². The van der Waals surface area contributed by atoms with E-state index in [0.29, 0.717) is 0 Å². The van der Waals surface area contributed by atoms with Gasteiger partial charge in [0.05, 0.1) is 5.56 Å². The Morgan fingerprint density at radius 3 is 2.36 bits per heavy atom. The predicted octanol–water partition coefficient (Wildman–Crippen LogP) is -1.56. The third-order valence-corrected chi connectivity index (χ3v) is 1.94. The molecule has 1 aromatic rings. The van der Waals surface area contributed by atoms with Crippen molar-refractivity contribution < 1.29 is 45.7 Å². The molecule has 1 aromatic carbocycles. The summed E-state index contributed by atoms with van der Waals surface area (Å²) in [6.07, 6.45) is 2.38. The number of rotatable bonds is 0. The van der Waals surface area contributed by atoms with Crippen LogP contribution in [0.15, 0.2) is 30.4 Å². The number of ketones is 2. The van der Waals surface area contributed by atoms with E-state index in [1.54, 1.807) is 6.07 Å². The van der Waals surface area contributed by atoms with Gasteiger partial charge >= 0.3 is 29.6 Å². The fraction of sp³-hybridized carbons (Fsp3) is 0. The Morgan fingerprint density at radius 1 is 1.07 bits per heavy atom. The van der Waals surface area contributed by atoms with Crippen LogP contribution in [0.5, 0.6) is 5.75 Å². The van der Waals surface area contributed by atoms with Crippen LogP contribution in [0.3, 0.4) is 0 Å². The summed E-state index contributed by atoms with van der Waals surface area (Å²) in [6.45, 7) is 0. The van der Waals surface area contributed by atoms with E-state index in [-0.39, 0.29) is 59.4 Å². The maximum atomic E-state index is 11.3. The van der Waals surface area contributed by atoms with Crippen molar-refractivity contribution in [2.45, 2.75) is 0 Å². The first-order valence-electron chi connectivity index (χ1n) is 3.79. The van der Waals surface area contributed by atoms with Gasteiger partial charge in [-0.3, -0.25) is 9.59 Å². The molecule has 3 nitrogen and oxygen atoms in total. The zero-order chi connectivity index (χ0) is 9.42. The van der Waals surface area contributed by atoms with Gasteiger partial charge in [-0.2, -0.15) is 0 Å². The molecule has 0 heterocycles. The van der Waals surface area contributed by atoms with E-state index >= 15 is 0 Å². The van der Waals surface area contributed by atoms with Crippen LogP contribution in [0.25, 0.3) is 0 Å². The van der Waals surface area contributed by atoms with Crippen molar-refractivity contribution in [2.75, 3.05) is 0 Å². The Hall–Kier alpha value is -0.900. The molecule has 0 unspecified atom stereocenters.